The number of ether oxygens (including phenoxy) is 2. The molecule has 11 heteroatoms. The first-order valence-corrected chi connectivity index (χ1v) is 25.0. The number of esters is 2. The predicted octanol–water partition coefficient (Wildman–Crippen LogP) is 12.6. The van der Waals surface area contributed by atoms with Crippen LogP contribution in [0.2, 0.25) is 0 Å². The van der Waals surface area contributed by atoms with Crippen LogP contribution in [0, 0.1) is 0 Å². The average Bonchev–Trinajstić information content (AvgIpc) is 3.19. The number of phosphoric ester groups is 1. The third kappa shape index (κ3) is 41.1. The number of phosphoric acid groups is 1. The van der Waals surface area contributed by atoms with E-state index in [9.17, 15) is 24.2 Å². The van der Waals surface area contributed by atoms with Crippen molar-refractivity contribution >= 4 is 19.8 Å². The zero-order chi connectivity index (χ0) is 41.2. The molecule has 3 atom stereocenters. The minimum absolute atomic E-state index is 0.192. The summed E-state index contributed by atoms with van der Waals surface area (Å²) in [5, 5.41) is 18.3. The summed E-state index contributed by atoms with van der Waals surface area (Å²) in [6, 6.07) is 0. The van der Waals surface area contributed by atoms with Gasteiger partial charge in [-0.2, -0.15) is 0 Å². The van der Waals surface area contributed by atoms with Crippen molar-refractivity contribution in [2.75, 3.05) is 26.4 Å². The van der Waals surface area contributed by atoms with Crippen LogP contribution >= 0.6 is 7.82 Å². The van der Waals surface area contributed by atoms with Crippen molar-refractivity contribution in [2.24, 2.45) is 0 Å². The topological polar surface area (TPSA) is 149 Å². The molecule has 1 unspecified atom stereocenters. The molecule has 0 rings (SSSR count). The van der Waals surface area contributed by atoms with E-state index in [1.54, 1.807) is 0 Å². The Balaban J connectivity index is 4.14. The molecule has 0 aromatic carbocycles. The number of hydrogen-bond acceptors (Lipinski definition) is 9. The van der Waals surface area contributed by atoms with Gasteiger partial charge in [0.25, 0.3) is 0 Å². The molecule has 10 nitrogen and oxygen atoms in total. The standard InChI is InChI=1S/C45H89O10P/c1-3-5-7-9-11-13-15-17-18-19-20-21-22-23-25-26-28-30-32-34-36-44(48)52-40-43(41-54-56(50,51)53-39-42(47)38-46)55-45(49)37-35-33-31-29-27-24-16-14-12-10-8-6-4-2/h42-43,46-47H,3-41H2,1-2H3,(H,50,51)/t42-,43-/m1/s1. The summed E-state index contributed by atoms with van der Waals surface area (Å²) in [5.74, 6) is -0.907. The van der Waals surface area contributed by atoms with E-state index in [2.05, 4.69) is 13.8 Å². The number of aliphatic hydroxyl groups excluding tert-OH is 2. The zero-order valence-electron chi connectivity index (χ0n) is 36.4. The van der Waals surface area contributed by atoms with E-state index in [0.717, 1.165) is 32.1 Å². The first-order chi connectivity index (χ1) is 27.2. The minimum atomic E-state index is -4.61. The number of rotatable bonds is 45. The Labute approximate surface area is 344 Å². The summed E-state index contributed by atoms with van der Waals surface area (Å²) in [7, 11) is -4.61. The van der Waals surface area contributed by atoms with Crippen molar-refractivity contribution in [3.05, 3.63) is 0 Å². The van der Waals surface area contributed by atoms with Gasteiger partial charge in [0, 0.05) is 12.8 Å². The van der Waals surface area contributed by atoms with E-state index in [-0.39, 0.29) is 19.4 Å². The van der Waals surface area contributed by atoms with Crippen molar-refractivity contribution in [3.8, 4) is 0 Å². The van der Waals surface area contributed by atoms with Gasteiger partial charge in [-0.1, -0.05) is 213 Å². The van der Waals surface area contributed by atoms with Crippen LogP contribution in [-0.2, 0) is 32.7 Å². The molecule has 0 aliphatic heterocycles. The molecule has 0 saturated carbocycles. The van der Waals surface area contributed by atoms with E-state index in [1.165, 1.54) is 167 Å². The van der Waals surface area contributed by atoms with E-state index < -0.39 is 51.8 Å². The Morgan fingerprint density at radius 3 is 1.11 bits per heavy atom. The molecule has 0 aromatic heterocycles. The molecular weight excluding hydrogens is 731 g/mol. The van der Waals surface area contributed by atoms with Gasteiger partial charge in [-0.05, 0) is 12.8 Å². The number of hydrogen-bond donors (Lipinski definition) is 3. The van der Waals surface area contributed by atoms with Gasteiger partial charge in [0.15, 0.2) is 6.10 Å². The van der Waals surface area contributed by atoms with Crippen molar-refractivity contribution in [1.82, 2.24) is 0 Å². The highest BCUT2D eigenvalue weighted by molar-refractivity contribution is 7.47. The Hall–Kier alpha value is -1.03. The lowest BCUT2D eigenvalue weighted by atomic mass is 10.0. The third-order valence-electron chi connectivity index (χ3n) is 10.5. The van der Waals surface area contributed by atoms with Crippen LogP contribution in [0.4, 0.5) is 0 Å². The molecule has 0 radical (unpaired) electrons. The highest BCUT2D eigenvalue weighted by Gasteiger charge is 2.27. The molecule has 0 fully saturated rings. The largest absolute Gasteiger partial charge is 0.472 e. The van der Waals surface area contributed by atoms with Gasteiger partial charge in [0.2, 0.25) is 0 Å². The number of carbonyl (C=O) groups is 2. The average molecular weight is 821 g/mol. The third-order valence-corrected chi connectivity index (χ3v) is 11.5. The maximum Gasteiger partial charge on any atom is 0.472 e. The van der Waals surface area contributed by atoms with Gasteiger partial charge in [0.1, 0.15) is 12.7 Å². The fourth-order valence-corrected chi connectivity index (χ4v) is 7.67. The van der Waals surface area contributed by atoms with E-state index in [0.29, 0.717) is 12.8 Å². The lowest BCUT2D eigenvalue weighted by Gasteiger charge is -2.20. The molecule has 56 heavy (non-hydrogen) atoms. The number of carbonyl (C=O) groups excluding carboxylic acids is 2. The molecule has 0 spiro atoms. The summed E-state index contributed by atoms with van der Waals surface area (Å²) in [5.41, 5.74) is 0. The second-order valence-corrected chi connectivity index (χ2v) is 17.6. The number of aliphatic hydroxyl groups is 2. The highest BCUT2D eigenvalue weighted by Crippen LogP contribution is 2.43. The van der Waals surface area contributed by atoms with Crippen molar-refractivity contribution in [2.45, 2.75) is 251 Å². The fraction of sp³-hybridized carbons (Fsp3) is 0.956. The van der Waals surface area contributed by atoms with E-state index >= 15 is 0 Å². The molecule has 0 aromatic rings. The van der Waals surface area contributed by atoms with Crippen LogP contribution < -0.4 is 0 Å². The quantitative estimate of drug-likeness (QED) is 0.0308. The molecule has 334 valence electrons. The lowest BCUT2D eigenvalue weighted by Crippen LogP contribution is -2.29. The first-order valence-electron chi connectivity index (χ1n) is 23.5. The normalized spacial score (nSPS) is 13.7. The molecule has 0 saturated heterocycles. The second-order valence-electron chi connectivity index (χ2n) is 16.2. The van der Waals surface area contributed by atoms with Crippen LogP contribution in [0.25, 0.3) is 0 Å². The first kappa shape index (κ1) is 55.0. The Bertz CT molecular complexity index is 904. The molecule has 0 amide bonds. The van der Waals surface area contributed by atoms with Crippen LogP contribution in [0.5, 0.6) is 0 Å². The maximum absolute atomic E-state index is 12.6. The summed E-state index contributed by atoms with van der Waals surface area (Å²) in [4.78, 5) is 35.0. The summed E-state index contributed by atoms with van der Waals surface area (Å²) >= 11 is 0. The summed E-state index contributed by atoms with van der Waals surface area (Å²) in [6.07, 6.45) is 39.3. The molecular formula is C45H89O10P. The van der Waals surface area contributed by atoms with Gasteiger partial charge >= 0.3 is 19.8 Å². The summed E-state index contributed by atoms with van der Waals surface area (Å²) in [6.45, 7) is 2.43. The van der Waals surface area contributed by atoms with Crippen LogP contribution in [0.15, 0.2) is 0 Å². The fourth-order valence-electron chi connectivity index (χ4n) is 6.88. The van der Waals surface area contributed by atoms with Crippen LogP contribution in [-0.4, -0.2) is 65.7 Å². The SMILES string of the molecule is CCCCCCCCCCCCCCCCCCCCCCC(=O)OC[C@H](COP(=O)(O)OC[C@H](O)CO)OC(=O)CCCCCCCCCCCCCCC. The maximum atomic E-state index is 12.6. The molecule has 0 aliphatic carbocycles. The Morgan fingerprint density at radius 2 is 0.768 bits per heavy atom. The predicted molar refractivity (Wildman–Crippen MR) is 229 cm³/mol. The second kappa shape index (κ2) is 42.1. The monoisotopic (exact) mass is 821 g/mol. The molecule has 0 heterocycles. The zero-order valence-corrected chi connectivity index (χ0v) is 37.3. The Kier molecular flexibility index (Phi) is 41.3. The van der Waals surface area contributed by atoms with Gasteiger partial charge in [-0.15, -0.1) is 0 Å². The van der Waals surface area contributed by atoms with Crippen LogP contribution in [0.1, 0.15) is 239 Å². The number of unbranched alkanes of at least 4 members (excludes halogenated alkanes) is 31. The molecule has 0 aliphatic rings. The van der Waals surface area contributed by atoms with Crippen LogP contribution in [0.3, 0.4) is 0 Å². The smallest absolute Gasteiger partial charge is 0.462 e. The van der Waals surface area contributed by atoms with Gasteiger partial charge in [-0.3, -0.25) is 18.6 Å². The highest BCUT2D eigenvalue weighted by atomic mass is 31.2. The van der Waals surface area contributed by atoms with Gasteiger partial charge < -0.3 is 24.6 Å². The summed E-state index contributed by atoms with van der Waals surface area (Å²) < 4.78 is 32.8. The van der Waals surface area contributed by atoms with Crippen molar-refractivity contribution < 1.29 is 47.8 Å². The Morgan fingerprint density at radius 1 is 0.464 bits per heavy atom. The van der Waals surface area contributed by atoms with Gasteiger partial charge in [0.05, 0.1) is 19.8 Å². The van der Waals surface area contributed by atoms with E-state index in [1.807, 2.05) is 0 Å². The molecule has 3 N–H and O–H groups in total. The lowest BCUT2D eigenvalue weighted by molar-refractivity contribution is -0.161. The molecule has 0 bridgehead atoms. The van der Waals surface area contributed by atoms with Crippen molar-refractivity contribution in [1.29, 1.82) is 0 Å². The minimum Gasteiger partial charge on any atom is -0.462 e. The van der Waals surface area contributed by atoms with E-state index in [4.69, 9.17) is 23.6 Å². The van der Waals surface area contributed by atoms with Crippen molar-refractivity contribution in [3.63, 3.8) is 0 Å². The van der Waals surface area contributed by atoms with Gasteiger partial charge in [-0.25, -0.2) is 4.57 Å².